The number of epoxide rings is 2. The Bertz CT molecular complexity index is 477. The summed E-state index contributed by atoms with van der Waals surface area (Å²) < 4.78 is 23.6. The first kappa shape index (κ1) is 20.1. The van der Waals surface area contributed by atoms with Crippen LogP contribution < -0.4 is 0 Å². The monoisotopic (exact) mass is 380 g/mol. The van der Waals surface area contributed by atoms with Crippen LogP contribution in [0.25, 0.3) is 0 Å². The number of hydrogen-bond donors (Lipinski definition) is 0. The fourth-order valence-electron chi connectivity index (χ4n) is 5.20. The van der Waals surface area contributed by atoms with E-state index >= 15 is 0 Å². The van der Waals surface area contributed by atoms with Gasteiger partial charge in [-0.1, -0.05) is 13.8 Å². The second-order valence-corrected chi connectivity index (χ2v) is 11.0. The number of ether oxygens (including phenoxy) is 4. The maximum atomic E-state index is 6.02. The van der Waals surface area contributed by atoms with Gasteiger partial charge < -0.3 is 18.9 Å². The van der Waals surface area contributed by atoms with Gasteiger partial charge in [0.05, 0.1) is 36.6 Å². The fourth-order valence-corrected chi connectivity index (χ4v) is 5.20. The first-order valence-corrected chi connectivity index (χ1v) is 11.3. The van der Waals surface area contributed by atoms with Crippen LogP contribution in [-0.4, -0.2) is 49.8 Å². The summed E-state index contributed by atoms with van der Waals surface area (Å²) in [7, 11) is 0. The van der Waals surface area contributed by atoms with Crippen LogP contribution in [0.3, 0.4) is 0 Å². The van der Waals surface area contributed by atoms with Gasteiger partial charge in [-0.3, -0.25) is 0 Å². The molecule has 2 saturated heterocycles. The molecule has 4 rings (SSSR count). The van der Waals surface area contributed by atoms with Crippen molar-refractivity contribution >= 4 is 0 Å². The molecule has 2 aliphatic heterocycles. The van der Waals surface area contributed by atoms with Gasteiger partial charge in [0.25, 0.3) is 0 Å². The minimum atomic E-state index is 0.0927. The fraction of sp³-hybridized carbons (Fsp3) is 1.00. The molecule has 4 nitrogen and oxygen atoms in total. The summed E-state index contributed by atoms with van der Waals surface area (Å²) in [4.78, 5) is 0. The van der Waals surface area contributed by atoms with Crippen molar-refractivity contribution in [2.24, 2.45) is 17.3 Å². The zero-order valence-electron chi connectivity index (χ0n) is 17.9. The molecule has 2 saturated carbocycles. The Hall–Kier alpha value is -0.160. The second kappa shape index (κ2) is 7.59. The standard InChI is InChI=1S/C23H40O4/c1-21(2,15-24-11-7-17-5-9-22(3)19(13-17)26-22)16-25-12-8-18-6-10-23(4)20(14-18)27-23/h17-20H,5-16H2,1-4H3. The van der Waals surface area contributed by atoms with E-state index in [0.29, 0.717) is 12.2 Å². The minimum absolute atomic E-state index is 0.0927. The molecule has 156 valence electrons. The Labute approximate surface area is 165 Å². The Morgan fingerprint density at radius 3 is 1.67 bits per heavy atom. The van der Waals surface area contributed by atoms with Gasteiger partial charge in [-0.2, -0.15) is 0 Å². The summed E-state index contributed by atoms with van der Waals surface area (Å²) in [6.07, 6.45) is 11.0. The lowest BCUT2D eigenvalue weighted by atomic mass is 9.81. The Kier molecular flexibility index (Phi) is 5.66. The topological polar surface area (TPSA) is 43.5 Å². The van der Waals surface area contributed by atoms with Gasteiger partial charge in [0.2, 0.25) is 0 Å². The molecule has 6 atom stereocenters. The van der Waals surface area contributed by atoms with E-state index in [9.17, 15) is 0 Å². The molecule has 4 fully saturated rings. The maximum absolute atomic E-state index is 6.02. The van der Waals surface area contributed by atoms with Crippen molar-refractivity contribution in [2.45, 2.75) is 102 Å². The number of fused-ring (bicyclic) bond motifs is 2. The summed E-state index contributed by atoms with van der Waals surface area (Å²) in [6, 6.07) is 0. The van der Waals surface area contributed by atoms with Gasteiger partial charge in [-0.05, 0) is 77.0 Å². The van der Waals surface area contributed by atoms with Crippen LogP contribution in [0.4, 0.5) is 0 Å². The van der Waals surface area contributed by atoms with Crippen LogP contribution in [-0.2, 0) is 18.9 Å². The van der Waals surface area contributed by atoms with Gasteiger partial charge in [-0.25, -0.2) is 0 Å². The normalized spacial score (nSPS) is 43.1. The predicted octanol–water partition coefficient (Wildman–Crippen LogP) is 4.74. The summed E-state index contributed by atoms with van der Waals surface area (Å²) in [5.41, 5.74) is 0.564. The lowest BCUT2D eigenvalue weighted by molar-refractivity contribution is -0.0106. The summed E-state index contributed by atoms with van der Waals surface area (Å²) >= 11 is 0. The molecular weight excluding hydrogens is 340 g/mol. The molecule has 0 aromatic heterocycles. The second-order valence-electron chi connectivity index (χ2n) is 11.0. The minimum Gasteiger partial charge on any atom is -0.381 e. The molecular formula is C23H40O4. The van der Waals surface area contributed by atoms with Gasteiger partial charge in [0, 0.05) is 18.6 Å². The highest BCUT2D eigenvalue weighted by atomic mass is 16.6. The molecule has 0 bridgehead atoms. The van der Waals surface area contributed by atoms with E-state index in [4.69, 9.17) is 18.9 Å². The zero-order chi connectivity index (χ0) is 19.1. The highest BCUT2D eigenvalue weighted by Crippen LogP contribution is 2.50. The summed E-state index contributed by atoms with van der Waals surface area (Å²) in [6.45, 7) is 12.3. The molecule has 0 aromatic rings. The van der Waals surface area contributed by atoms with Crippen molar-refractivity contribution in [2.75, 3.05) is 26.4 Å². The number of hydrogen-bond acceptors (Lipinski definition) is 4. The van der Waals surface area contributed by atoms with E-state index in [2.05, 4.69) is 27.7 Å². The molecule has 2 aliphatic carbocycles. The van der Waals surface area contributed by atoms with E-state index in [1.54, 1.807) is 0 Å². The van der Waals surface area contributed by atoms with Crippen LogP contribution in [0.5, 0.6) is 0 Å². The molecule has 2 heterocycles. The van der Waals surface area contributed by atoms with E-state index in [-0.39, 0.29) is 16.6 Å². The van der Waals surface area contributed by atoms with Crippen molar-refractivity contribution in [3.8, 4) is 0 Å². The molecule has 0 aromatic carbocycles. The average Bonchev–Trinajstić information content (AvgIpc) is 3.48. The van der Waals surface area contributed by atoms with Gasteiger partial charge >= 0.3 is 0 Å². The lowest BCUT2D eigenvalue weighted by Crippen LogP contribution is -2.28. The van der Waals surface area contributed by atoms with E-state index < -0.39 is 0 Å². The highest BCUT2D eigenvalue weighted by Gasteiger charge is 2.55. The lowest BCUT2D eigenvalue weighted by Gasteiger charge is -2.27. The molecule has 4 heteroatoms. The Morgan fingerprint density at radius 2 is 1.26 bits per heavy atom. The maximum Gasteiger partial charge on any atom is 0.0920 e. The van der Waals surface area contributed by atoms with E-state index in [1.165, 1.54) is 51.4 Å². The largest absolute Gasteiger partial charge is 0.381 e. The van der Waals surface area contributed by atoms with Crippen LogP contribution in [0.1, 0.15) is 79.1 Å². The Balaban J connectivity index is 1.02. The van der Waals surface area contributed by atoms with Crippen LogP contribution in [0.15, 0.2) is 0 Å². The third-order valence-electron chi connectivity index (χ3n) is 7.59. The molecule has 0 N–H and O–H groups in total. The molecule has 4 aliphatic rings. The van der Waals surface area contributed by atoms with E-state index in [0.717, 1.165) is 38.3 Å². The first-order valence-electron chi connectivity index (χ1n) is 11.3. The van der Waals surface area contributed by atoms with E-state index in [1.807, 2.05) is 0 Å². The first-order chi connectivity index (χ1) is 12.8. The van der Waals surface area contributed by atoms with Crippen LogP contribution in [0, 0.1) is 17.3 Å². The van der Waals surface area contributed by atoms with Crippen LogP contribution in [0.2, 0.25) is 0 Å². The van der Waals surface area contributed by atoms with Crippen LogP contribution >= 0.6 is 0 Å². The van der Waals surface area contributed by atoms with Crippen molar-refractivity contribution in [3.63, 3.8) is 0 Å². The highest BCUT2D eigenvalue weighted by molar-refractivity contribution is 5.04. The van der Waals surface area contributed by atoms with Crippen molar-refractivity contribution in [1.29, 1.82) is 0 Å². The average molecular weight is 381 g/mol. The van der Waals surface area contributed by atoms with Gasteiger partial charge in [0.1, 0.15) is 0 Å². The van der Waals surface area contributed by atoms with Crippen molar-refractivity contribution in [3.05, 3.63) is 0 Å². The third-order valence-corrected chi connectivity index (χ3v) is 7.59. The zero-order valence-corrected chi connectivity index (χ0v) is 17.9. The quantitative estimate of drug-likeness (QED) is 0.405. The smallest absolute Gasteiger partial charge is 0.0920 e. The molecule has 6 unspecified atom stereocenters. The molecule has 0 radical (unpaired) electrons. The summed E-state index contributed by atoms with van der Waals surface area (Å²) in [5.74, 6) is 1.58. The SMILES string of the molecule is CC(C)(COCCC1CCC2(C)OC2C1)COCCC1CCC2(C)OC2C1. The predicted molar refractivity (Wildman–Crippen MR) is 106 cm³/mol. The van der Waals surface area contributed by atoms with Crippen molar-refractivity contribution in [1.82, 2.24) is 0 Å². The number of rotatable bonds is 10. The third kappa shape index (κ3) is 5.07. The summed E-state index contributed by atoms with van der Waals surface area (Å²) in [5, 5.41) is 0. The molecule has 27 heavy (non-hydrogen) atoms. The van der Waals surface area contributed by atoms with Crippen molar-refractivity contribution < 1.29 is 18.9 Å². The Morgan fingerprint density at radius 1 is 0.815 bits per heavy atom. The van der Waals surface area contributed by atoms with Gasteiger partial charge in [0.15, 0.2) is 0 Å². The molecule has 0 amide bonds. The van der Waals surface area contributed by atoms with Gasteiger partial charge in [-0.15, -0.1) is 0 Å². The molecule has 0 spiro atoms.